The molecule has 0 spiro atoms. The van der Waals surface area contributed by atoms with E-state index in [1.807, 2.05) is 6.92 Å². The molecule has 158 valence electrons. The van der Waals surface area contributed by atoms with Crippen LogP contribution in [-0.2, 0) is 30.8 Å². The lowest BCUT2D eigenvalue weighted by atomic mass is 10.0. The summed E-state index contributed by atoms with van der Waals surface area (Å²) in [6, 6.07) is 10.9. The predicted molar refractivity (Wildman–Crippen MR) is 117 cm³/mol. The van der Waals surface area contributed by atoms with Crippen LogP contribution >= 0.6 is 15.9 Å². The highest BCUT2D eigenvalue weighted by atomic mass is 79.9. The molecular weight excluding hydrogens is 472 g/mol. The summed E-state index contributed by atoms with van der Waals surface area (Å²) in [6.45, 7) is 3.18. The normalized spacial score (nSPS) is 12.5. The predicted octanol–water partition coefficient (Wildman–Crippen LogP) is 3.17. The highest BCUT2D eigenvalue weighted by Gasteiger charge is 2.26. The summed E-state index contributed by atoms with van der Waals surface area (Å²) in [6.07, 6.45) is 1.57. The van der Waals surface area contributed by atoms with E-state index in [-0.39, 0.29) is 17.2 Å². The molecule has 1 N–H and O–H groups in total. The summed E-state index contributed by atoms with van der Waals surface area (Å²) in [5.41, 5.74) is 2.01. The largest absolute Gasteiger partial charge is 0.467 e. The van der Waals surface area contributed by atoms with Crippen molar-refractivity contribution >= 4 is 48.7 Å². The van der Waals surface area contributed by atoms with Crippen LogP contribution in [0.25, 0.3) is 10.9 Å². The van der Waals surface area contributed by atoms with Crippen LogP contribution in [0.3, 0.4) is 0 Å². The first-order valence-electron chi connectivity index (χ1n) is 9.10. The molecular formula is C21H21BrN2O5S. The van der Waals surface area contributed by atoms with Crippen molar-refractivity contribution < 1.29 is 22.7 Å². The molecule has 7 nitrogen and oxygen atoms in total. The number of carbonyl (C=O) groups is 2. The quantitative estimate of drug-likeness (QED) is 0.533. The van der Waals surface area contributed by atoms with Gasteiger partial charge in [0.05, 0.1) is 17.5 Å². The average molecular weight is 493 g/mol. The second-order valence-corrected chi connectivity index (χ2v) is 9.64. The Morgan fingerprint density at radius 2 is 1.83 bits per heavy atom. The molecule has 0 saturated heterocycles. The van der Waals surface area contributed by atoms with Crippen LogP contribution < -0.4 is 5.32 Å². The second kappa shape index (κ2) is 8.61. The fraction of sp³-hybridized carbons (Fsp3) is 0.238. The fourth-order valence-electron chi connectivity index (χ4n) is 3.23. The number of benzene rings is 2. The van der Waals surface area contributed by atoms with Crippen LogP contribution in [0.1, 0.15) is 18.1 Å². The van der Waals surface area contributed by atoms with E-state index in [0.717, 1.165) is 5.56 Å². The van der Waals surface area contributed by atoms with Gasteiger partial charge in [-0.2, -0.15) is 0 Å². The molecule has 30 heavy (non-hydrogen) atoms. The summed E-state index contributed by atoms with van der Waals surface area (Å²) in [7, 11) is -2.64. The highest BCUT2D eigenvalue weighted by molar-refractivity contribution is 9.10. The van der Waals surface area contributed by atoms with E-state index in [0.29, 0.717) is 20.9 Å². The van der Waals surface area contributed by atoms with E-state index < -0.39 is 22.0 Å². The molecule has 0 unspecified atom stereocenters. The molecule has 0 aliphatic rings. The van der Waals surface area contributed by atoms with Crippen molar-refractivity contribution in [3.8, 4) is 0 Å². The van der Waals surface area contributed by atoms with Gasteiger partial charge in [0.1, 0.15) is 6.04 Å². The monoisotopic (exact) mass is 492 g/mol. The maximum atomic E-state index is 13.3. The number of nitrogens with zero attached hydrogens (tertiary/aromatic N) is 1. The van der Waals surface area contributed by atoms with Gasteiger partial charge in [0.15, 0.2) is 0 Å². The first-order chi connectivity index (χ1) is 14.1. The van der Waals surface area contributed by atoms with E-state index >= 15 is 0 Å². The van der Waals surface area contributed by atoms with Gasteiger partial charge in [0.25, 0.3) is 10.0 Å². The minimum atomic E-state index is -3.87. The topological polar surface area (TPSA) is 94.5 Å². The molecule has 2 aromatic carbocycles. The van der Waals surface area contributed by atoms with Gasteiger partial charge in [-0.15, -0.1) is 0 Å². The van der Waals surface area contributed by atoms with Gasteiger partial charge in [0, 0.05) is 29.4 Å². The molecule has 9 heteroatoms. The van der Waals surface area contributed by atoms with Crippen LogP contribution in [0.4, 0.5) is 0 Å². The number of aryl methyl sites for hydroxylation is 1. The zero-order valence-electron chi connectivity index (χ0n) is 16.7. The molecule has 3 rings (SSSR count). The number of rotatable bonds is 6. The minimum absolute atomic E-state index is 0.0841. The second-order valence-electron chi connectivity index (χ2n) is 6.91. The van der Waals surface area contributed by atoms with Crippen LogP contribution in [-0.4, -0.2) is 37.4 Å². The number of nitrogens with one attached hydrogen (secondary N) is 1. The van der Waals surface area contributed by atoms with E-state index in [1.54, 1.807) is 42.5 Å². The zero-order chi connectivity index (χ0) is 22.1. The summed E-state index contributed by atoms with van der Waals surface area (Å²) in [5.74, 6) is -0.992. The zero-order valence-corrected chi connectivity index (χ0v) is 19.1. The number of methoxy groups -OCH3 is 1. The lowest BCUT2D eigenvalue weighted by Gasteiger charge is -2.14. The van der Waals surface area contributed by atoms with Crippen molar-refractivity contribution in [3.63, 3.8) is 0 Å². The van der Waals surface area contributed by atoms with E-state index in [2.05, 4.69) is 21.2 Å². The SMILES string of the molecule is COC(=O)[C@@H](Cc1cn(S(=O)(=O)c2ccc(C)cc2)c2cc(Br)ccc12)NC(C)=O. The third-order valence-electron chi connectivity index (χ3n) is 4.68. The van der Waals surface area contributed by atoms with Crippen molar-refractivity contribution in [1.82, 2.24) is 9.29 Å². The Hall–Kier alpha value is -2.65. The van der Waals surface area contributed by atoms with Gasteiger partial charge in [-0.3, -0.25) is 4.79 Å². The Morgan fingerprint density at radius 1 is 1.17 bits per heavy atom. The number of hydrogen-bond acceptors (Lipinski definition) is 5. The third kappa shape index (κ3) is 4.41. The van der Waals surface area contributed by atoms with Gasteiger partial charge < -0.3 is 10.1 Å². The number of ether oxygens (including phenoxy) is 1. The van der Waals surface area contributed by atoms with Gasteiger partial charge >= 0.3 is 5.97 Å². The molecule has 1 heterocycles. The summed E-state index contributed by atoms with van der Waals surface area (Å²) in [4.78, 5) is 23.8. The number of fused-ring (bicyclic) bond motifs is 1. The van der Waals surface area contributed by atoms with Gasteiger partial charge in [-0.05, 0) is 36.8 Å². The van der Waals surface area contributed by atoms with Gasteiger partial charge in [-0.25, -0.2) is 17.2 Å². The molecule has 1 aromatic heterocycles. The first-order valence-corrected chi connectivity index (χ1v) is 11.3. The summed E-state index contributed by atoms with van der Waals surface area (Å²) >= 11 is 3.39. The lowest BCUT2D eigenvalue weighted by Crippen LogP contribution is -2.41. The number of carbonyl (C=O) groups excluding carboxylic acids is 2. The Bertz CT molecular complexity index is 1220. The molecule has 0 saturated carbocycles. The smallest absolute Gasteiger partial charge is 0.328 e. The van der Waals surface area contributed by atoms with E-state index in [4.69, 9.17) is 4.74 Å². The molecule has 0 aliphatic carbocycles. The maximum absolute atomic E-state index is 13.3. The van der Waals surface area contributed by atoms with Gasteiger partial charge in [-0.1, -0.05) is 39.7 Å². The molecule has 1 amide bonds. The summed E-state index contributed by atoms with van der Waals surface area (Å²) in [5, 5.41) is 3.22. The van der Waals surface area contributed by atoms with Crippen molar-refractivity contribution in [3.05, 3.63) is 64.3 Å². The number of esters is 1. The van der Waals surface area contributed by atoms with Crippen molar-refractivity contribution in [2.75, 3.05) is 7.11 Å². The van der Waals surface area contributed by atoms with E-state index in [9.17, 15) is 18.0 Å². The molecule has 0 aliphatic heterocycles. The van der Waals surface area contributed by atoms with E-state index in [1.165, 1.54) is 24.2 Å². The molecule has 0 radical (unpaired) electrons. The third-order valence-corrected chi connectivity index (χ3v) is 6.86. The molecule has 0 fully saturated rings. The van der Waals surface area contributed by atoms with Crippen molar-refractivity contribution in [2.45, 2.75) is 31.2 Å². The van der Waals surface area contributed by atoms with Crippen molar-refractivity contribution in [1.29, 1.82) is 0 Å². The lowest BCUT2D eigenvalue weighted by molar-refractivity contribution is -0.144. The number of hydrogen-bond donors (Lipinski definition) is 1. The standard InChI is InChI=1S/C21H21BrN2O5S/c1-13-4-7-17(8-5-13)30(27,28)24-12-15(18-9-6-16(22)11-20(18)24)10-19(21(26)29-3)23-14(2)25/h4-9,11-12,19H,10H2,1-3H3,(H,23,25)/t19-/m1/s1. The number of amides is 1. The number of halogens is 1. The fourth-order valence-corrected chi connectivity index (χ4v) is 4.96. The Morgan fingerprint density at radius 3 is 2.43 bits per heavy atom. The van der Waals surface area contributed by atoms with Crippen LogP contribution in [0.5, 0.6) is 0 Å². The first kappa shape index (κ1) is 22.0. The highest BCUT2D eigenvalue weighted by Crippen LogP contribution is 2.29. The average Bonchev–Trinajstić information content (AvgIpc) is 3.05. The maximum Gasteiger partial charge on any atom is 0.328 e. The van der Waals surface area contributed by atoms with Crippen LogP contribution in [0, 0.1) is 6.92 Å². The van der Waals surface area contributed by atoms with Crippen LogP contribution in [0.15, 0.2) is 58.0 Å². The van der Waals surface area contributed by atoms with Crippen molar-refractivity contribution in [2.24, 2.45) is 0 Å². The molecule has 0 bridgehead atoms. The Balaban J connectivity index is 2.15. The minimum Gasteiger partial charge on any atom is -0.467 e. The van der Waals surface area contributed by atoms with Crippen LogP contribution in [0.2, 0.25) is 0 Å². The molecule has 1 atom stereocenters. The number of aromatic nitrogens is 1. The Kier molecular flexibility index (Phi) is 6.33. The molecule has 3 aromatic rings. The Labute approximate surface area is 183 Å². The van der Waals surface area contributed by atoms with Gasteiger partial charge in [0.2, 0.25) is 5.91 Å². The summed E-state index contributed by atoms with van der Waals surface area (Å²) < 4.78 is 33.4.